The largest absolute Gasteiger partial charge is 0.418 e. The molecule has 1 aliphatic heterocycles. The Hall–Kier alpha value is -2.00. The number of nitrogens with zero attached hydrogens (tertiary/aromatic N) is 3. The zero-order valence-corrected chi connectivity index (χ0v) is 17.3. The highest BCUT2D eigenvalue weighted by atomic mass is 79.9. The quantitative estimate of drug-likeness (QED) is 0.742. The zero-order valence-electron chi connectivity index (χ0n) is 15.7. The minimum Gasteiger partial charge on any atom is -0.369 e. The average molecular weight is 459 g/mol. The van der Waals surface area contributed by atoms with Gasteiger partial charge in [-0.1, -0.05) is 0 Å². The first-order chi connectivity index (χ1) is 13.2. The molecule has 0 aliphatic carbocycles. The van der Waals surface area contributed by atoms with Gasteiger partial charge in [0.15, 0.2) is 0 Å². The Morgan fingerprint density at radius 2 is 1.86 bits per heavy atom. The Morgan fingerprint density at radius 3 is 2.46 bits per heavy atom. The summed E-state index contributed by atoms with van der Waals surface area (Å²) in [6.45, 7) is 5.30. The van der Waals surface area contributed by atoms with E-state index in [1.807, 2.05) is 18.9 Å². The van der Waals surface area contributed by atoms with Crippen LogP contribution in [0.2, 0.25) is 0 Å². The predicted octanol–water partition coefficient (Wildman–Crippen LogP) is 4.29. The molecule has 28 heavy (non-hydrogen) atoms. The Balaban J connectivity index is 1.89. The molecule has 152 valence electrons. The molecule has 2 aromatic rings. The van der Waals surface area contributed by atoms with Gasteiger partial charge in [-0.15, -0.1) is 0 Å². The molecule has 1 saturated heterocycles. The lowest BCUT2D eigenvalue weighted by Crippen LogP contribution is -2.44. The minimum atomic E-state index is -4.57. The lowest BCUT2D eigenvalue weighted by atomic mass is 10.1. The number of benzene rings is 1. The fourth-order valence-electron chi connectivity index (χ4n) is 3.25. The number of carbonyl (C=O) groups is 1. The summed E-state index contributed by atoms with van der Waals surface area (Å²) in [5, 5.41) is 2.43. The fraction of sp³-hybridized carbons (Fsp3) is 0.421. The van der Waals surface area contributed by atoms with Gasteiger partial charge in [-0.05, 0) is 54.2 Å². The van der Waals surface area contributed by atoms with Crippen LogP contribution in [0.25, 0.3) is 0 Å². The second-order valence-corrected chi connectivity index (χ2v) is 7.72. The van der Waals surface area contributed by atoms with Crippen LogP contribution in [0.1, 0.15) is 23.0 Å². The molecular weight excluding hydrogens is 437 g/mol. The molecule has 2 heterocycles. The van der Waals surface area contributed by atoms with Crippen LogP contribution in [0.3, 0.4) is 0 Å². The van der Waals surface area contributed by atoms with E-state index in [0.29, 0.717) is 35.5 Å². The molecule has 1 aromatic carbocycles. The SMILES string of the molecule is CCn1cc(Br)cc1C(=O)Nc1ccc(N2CCN(C)CC2)cc1C(F)(F)F. The van der Waals surface area contributed by atoms with Crippen LogP contribution in [-0.4, -0.2) is 48.6 Å². The summed E-state index contributed by atoms with van der Waals surface area (Å²) in [5.74, 6) is -0.578. The number of hydrogen-bond donors (Lipinski definition) is 1. The molecular formula is C19H22BrF3N4O. The average Bonchev–Trinajstić information content (AvgIpc) is 3.03. The lowest BCUT2D eigenvalue weighted by molar-refractivity contribution is -0.136. The van der Waals surface area contributed by atoms with Crippen molar-refractivity contribution in [2.75, 3.05) is 43.4 Å². The maximum Gasteiger partial charge on any atom is 0.418 e. The van der Waals surface area contributed by atoms with Gasteiger partial charge in [-0.25, -0.2) is 0 Å². The summed E-state index contributed by atoms with van der Waals surface area (Å²) < 4.78 is 43.4. The van der Waals surface area contributed by atoms with E-state index in [-0.39, 0.29) is 5.69 Å². The van der Waals surface area contributed by atoms with E-state index in [0.717, 1.165) is 19.2 Å². The number of amides is 1. The van der Waals surface area contributed by atoms with Crippen LogP contribution in [-0.2, 0) is 12.7 Å². The standard InChI is InChI=1S/C19H22BrF3N4O/c1-3-26-12-13(20)10-17(26)18(28)24-16-5-4-14(11-15(16)19(21,22)23)27-8-6-25(2)7-9-27/h4-5,10-12H,3,6-9H2,1-2H3,(H,24,28). The Bertz CT molecular complexity index is 857. The van der Waals surface area contributed by atoms with Gasteiger partial charge < -0.3 is 19.7 Å². The number of alkyl halides is 3. The number of hydrogen-bond acceptors (Lipinski definition) is 3. The van der Waals surface area contributed by atoms with Crippen molar-refractivity contribution in [2.24, 2.45) is 0 Å². The highest BCUT2D eigenvalue weighted by molar-refractivity contribution is 9.10. The topological polar surface area (TPSA) is 40.5 Å². The first-order valence-electron chi connectivity index (χ1n) is 9.00. The summed E-state index contributed by atoms with van der Waals surface area (Å²) in [6, 6.07) is 5.67. The summed E-state index contributed by atoms with van der Waals surface area (Å²) in [5.41, 5.74) is -0.273. The van der Waals surface area contributed by atoms with Crippen LogP contribution < -0.4 is 10.2 Å². The first-order valence-corrected chi connectivity index (χ1v) is 9.80. The van der Waals surface area contributed by atoms with Gasteiger partial charge in [-0.2, -0.15) is 13.2 Å². The van der Waals surface area contributed by atoms with E-state index in [9.17, 15) is 18.0 Å². The van der Waals surface area contributed by atoms with Crippen LogP contribution >= 0.6 is 15.9 Å². The highest BCUT2D eigenvalue weighted by Gasteiger charge is 2.35. The van der Waals surface area contributed by atoms with Crippen molar-refractivity contribution in [3.63, 3.8) is 0 Å². The van der Waals surface area contributed by atoms with Gasteiger partial charge >= 0.3 is 6.18 Å². The van der Waals surface area contributed by atoms with Crippen molar-refractivity contribution in [2.45, 2.75) is 19.6 Å². The van der Waals surface area contributed by atoms with E-state index in [1.54, 1.807) is 22.9 Å². The first kappa shape index (κ1) is 20.7. The second kappa shape index (κ2) is 8.16. The van der Waals surface area contributed by atoms with Crippen molar-refractivity contribution < 1.29 is 18.0 Å². The van der Waals surface area contributed by atoms with E-state index >= 15 is 0 Å². The summed E-state index contributed by atoms with van der Waals surface area (Å²) in [7, 11) is 1.99. The van der Waals surface area contributed by atoms with Crippen LogP contribution in [0.4, 0.5) is 24.5 Å². The van der Waals surface area contributed by atoms with Crippen molar-refractivity contribution in [1.82, 2.24) is 9.47 Å². The van der Waals surface area contributed by atoms with E-state index in [1.165, 1.54) is 6.07 Å². The number of rotatable bonds is 4. The van der Waals surface area contributed by atoms with Gasteiger partial charge in [0.1, 0.15) is 5.69 Å². The van der Waals surface area contributed by atoms with Gasteiger partial charge in [0.05, 0.1) is 11.3 Å². The third-order valence-corrected chi connectivity index (χ3v) is 5.30. The molecule has 1 aliphatic rings. The van der Waals surface area contributed by atoms with Gasteiger partial charge in [0, 0.05) is 49.1 Å². The maximum absolute atomic E-state index is 13.7. The summed E-state index contributed by atoms with van der Waals surface area (Å²) in [6.07, 6.45) is -2.85. The molecule has 9 heteroatoms. The van der Waals surface area contributed by atoms with E-state index < -0.39 is 17.6 Å². The minimum absolute atomic E-state index is 0.240. The third kappa shape index (κ3) is 4.52. The number of carbonyl (C=O) groups excluding carboxylic acids is 1. The smallest absolute Gasteiger partial charge is 0.369 e. The van der Waals surface area contributed by atoms with Crippen molar-refractivity contribution >= 4 is 33.2 Å². The number of piperazine rings is 1. The molecule has 0 atom stereocenters. The Labute approximate surface area is 170 Å². The van der Waals surface area contributed by atoms with Gasteiger partial charge in [-0.3, -0.25) is 4.79 Å². The number of nitrogens with one attached hydrogen (secondary N) is 1. The Morgan fingerprint density at radius 1 is 1.18 bits per heavy atom. The van der Waals surface area contributed by atoms with Crippen LogP contribution in [0.5, 0.6) is 0 Å². The molecule has 1 aromatic heterocycles. The fourth-order valence-corrected chi connectivity index (χ4v) is 3.71. The third-order valence-electron chi connectivity index (χ3n) is 4.86. The summed E-state index contributed by atoms with van der Waals surface area (Å²) >= 11 is 3.29. The van der Waals surface area contributed by atoms with E-state index in [4.69, 9.17) is 0 Å². The van der Waals surface area contributed by atoms with E-state index in [2.05, 4.69) is 26.1 Å². The lowest BCUT2D eigenvalue weighted by Gasteiger charge is -2.34. The van der Waals surface area contributed by atoms with Crippen LogP contribution in [0, 0.1) is 0 Å². The van der Waals surface area contributed by atoms with Crippen molar-refractivity contribution in [1.29, 1.82) is 0 Å². The van der Waals surface area contributed by atoms with Crippen molar-refractivity contribution in [3.8, 4) is 0 Å². The van der Waals surface area contributed by atoms with Gasteiger partial charge in [0.2, 0.25) is 0 Å². The molecule has 5 nitrogen and oxygen atoms in total. The van der Waals surface area contributed by atoms with Crippen LogP contribution in [0.15, 0.2) is 34.9 Å². The number of aryl methyl sites for hydroxylation is 1. The molecule has 0 bridgehead atoms. The van der Waals surface area contributed by atoms with Gasteiger partial charge in [0.25, 0.3) is 5.91 Å². The molecule has 0 spiro atoms. The number of halogens is 4. The predicted molar refractivity (Wildman–Crippen MR) is 107 cm³/mol. The monoisotopic (exact) mass is 458 g/mol. The second-order valence-electron chi connectivity index (χ2n) is 6.80. The highest BCUT2D eigenvalue weighted by Crippen LogP contribution is 2.37. The number of anilines is 2. The Kier molecular flexibility index (Phi) is 6.04. The molecule has 1 fully saturated rings. The summed E-state index contributed by atoms with van der Waals surface area (Å²) in [4.78, 5) is 16.6. The normalized spacial score (nSPS) is 15.7. The maximum atomic E-state index is 13.7. The molecule has 3 rings (SSSR count). The van der Waals surface area contributed by atoms with Crippen molar-refractivity contribution in [3.05, 3.63) is 46.2 Å². The molecule has 0 radical (unpaired) electrons. The number of likely N-dealkylation sites (N-methyl/N-ethyl adjacent to an activating group) is 1. The molecule has 1 amide bonds. The zero-order chi connectivity index (χ0) is 20.5. The molecule has 0 unspecified atom stereocenters. The molecule has 0 saturated carbocycles. The number of aromatic nitrogens is 1. The molecule has 1 N–H and O–H groups in total.